The number of hydrogen-bond acceptors (Lipinski definition) is 3. The van der Waals surface area contributed by atoms with Crippen molar-refractivity contribution in [1.82, 2.24) is 15.2 Å². The maximum Gasteiger partial charge on any atom is 0.317 e. The SMILES string of the molecule is Cc1cccc(N2CCN3C(=O)NC[C@H]3C2)n1. The molecule has 5 heteroatoms. The molecule has 2 aliphatic heterocycles. The molecule has 1 N–H and O–H groups in total. The fourth-order valence-corrected chi connectivity index (χ4v) is 2.52. The van der Waals surface area contributed by atoms with E-state index >= 15 is 0 Å². The number of anilines is 1. The summed E-state index contributed by atoms with van der Waals surface area (Å²) in [5.41, 5.74) is 1.03. The molecule has 0 saturated carbocycles. The number of fused-ring (bicyclic) bond motifs is 1. The Morgan fingerprint density at radius 1 is 1.41 bits per heavy atom. The Morgan fingerprint density at radius 2 is 2.29 bits per heavy atom. The first-order valence-corrected chi connectivity index (χ1v) is 5.97. The van der Waals surface area contributed by atoms with Crippen LogP contribution in [0.4, 0.5) is 10.6 Å². The van der Waals surface area contributed by atoms with Crippen molar-refractivity contribution in [2.24, 2.45) is 0 Å². The van der Waals surface area contributed by atoms with Gasteiger partial charge in [-0.3, -0.25) is 0 Å². The third-order valence-electron chi connectivity index (χ3n) is 3.43. The first-order chi connectivity index (χ1) is 8.24. The first-order valence-electron chi connectivity index (χ1n) is 5.97. The monoisotopic (exact) mass is 232 g/mol. The molecule has 2 fully saturated rings. The predicted molar refractivity (Wildman–Crippen MR) is 65.1 cm³/mol. The molecule has 17 heavy (non-hydrogen) atoms. The number of urea groups is 1. The standard InChI is InChI=1S/C12H16N4O/c1-9-3-2-4-11(14-9)15-5-6-16-10(8-15)7-13-12(16)17/h2-4,10H,5-8H2,1H3,(H,13,17)/t10-/m0/s1. The zero-order valence-electron chi connectivity index (χ0n) is 9.89. The van der Waals surface area contributed by atoms with Crippen LogP contribution in [0.25, 0.3) is 0 Å². The molecule has 3 rings (SSSR count). The van der Waals surface area contributed by atoms with Gasteiger partial charge in [-0.2, -0.15) is 0 Å². The zero-order chi connectivity index (χ0) is 11.8. The molecule has 2 saturated heterocycles. The van der Waals surface area contributed by atoms with Gasteiger partial charge in [0.15, 0.2) is 0 Å². The molecule has 0 aliphatic carbocycles. The Bertz CT molecular complexity index is 448. The molecule has 0 bridgehead atoms. The summed E-state index contributed by atoms with van der Waals surface area (Å²) < 4.78 is 0. The van der Waals surface area contributed by atoms with Crippen molar-refractivity contribution in [2.75, 3.05) is 31.1 Å². The lowest BCUT2D eigenvalue weighted by Crippen LogP contribution is -2.52. The van der Waals surface area contributed by atoms with Crippen molar-refractivity contribution >= 4 is 11.8 Å². The van der Waals surface area contributed by atoms with E-state index in [9.17, 15) is 4.79 Å². The van der Waals surface area contributed by atoms with Crippen LogP contribution in [0.1, 0.15) is 5.69 Å². The molecule has 1 atom stereocenters. The highest BCUT2D eigenvalue weighted by Crippen LogP contribution is 2.19. The maximum absolute atomic E-state index is 11.5. The number of rotatable bonds is 1. The van der Waals surface area contributed by atoms with Crippen LogP contribution in [0.15, 0.2) is 18.2 Å². The average Bonchev–Trinajstić information content (AvgIpc) is 2.71. The minimum absolute atomic E-state index is 0.0758. The van der Waals surface area contributed by atoms with Gasteiger partial charge in [-0.1, -0.05) is 6.07 Å². The number of nitrogens with zero attached hydrogens (tertiary/aromatic N) is 3. The van der Waals surface area contributed by atoms with E-state index in [0.29, 0.717) is 6.04 Å². The van der Waals surface area contributed by atoms with Crippen molar-refractivity contribution in [3.63, 3.8) is 0 Å². The summed E-state index contributed by atoms with van der Waals surface area (Å²) >= 11 is 0. The Balaban J connectivity index is 1.77. The third-order valence-corrected chi connectivity index (χ3v) is 3.43. The Labute approximate surface area is 100 Å². The van der Waals surface area contributed by atoms with Gasteiger partial charge >= 0.3 is 6.03 Å². The van der Waals surface area contributed by atoms with Gasteiger partial charge in [0.2, 0.25) is 0 Å². The van der Waals surface area contributed by atoms with E-state index in [2.05, 4.69) is 15.2 Å². The van der Waals surface area contributed by atoms with Crippen LogP contribution in [0.3, 0.4) is 0 Å². The Kier molecular flexibility index (Phi) is 2.39. The van der Waals surface area contributed by atoms with Gasteiger partial charge in [0.05, 0.1) is 6.04 Å². The maximum atomic E-state index is 11.5. The summed E-state index contributed by atoms with van der Waals surface area (Å²) in [6.07, 6.45) is 0. The van der Waals surface area contributed by atoms with E-state index in [0.717, 1.165) is 37.7 Å². The zero-order valence-corrected chi connectivity index (χ0v) is 9.89. The summed E-state index contributed by atoms with van der Waals surface area (Å²) in [6, 6.07) is 6.43. The quantitative estimate of drug-likeness (QED) is 0.771. The van der Waals surface area contributed by atoms with E-state index in [1.165, 1.54) is 0 Å². The summed E-state index contributed by atoms with van der Waals surface area (Å²) in [5, 5.41) is 2.88. The molecule has 5 nitrogen and oxygen atoms in total. The molecule has 90 valence electrons. The van der Waals surface area contributed by atoms with E-state index in [-0.39, 0.29) is 6.03 Å². The number of carbonyl (C=O) groups is 1. The Morgan fingerprint density at radius 3 is 3.12 bits per heavy atom. The van der Waals surface area contributed by atoms with Crippen LogP contribution < -0.4 is 10.2 Å². The van der Waals surface area contributed by atoms with Crippen molar-refractivity contribution in [2.45, 2.75) is 13.0 Å². The number of nitrogens with one attached hydrogen (secondary N) is 1. The van der Waals surface area contributed by atoms with Crippen LogP contribution in [-0.4, -0.2) is 48.1 Å². The predicted octanol–water partition coefficient (Wildman–Crippen LogP) is 0.604. The molecule has 1 aromatic heterocycles. The fraction of sp³-hybridized carbons (Fsp3) is 0.500. The van der Waals surface area contributed by atoms with Crippen molar-refractivity contribution in [1.29, 1.82) is 0 Å². The van der Waals surface area contributed by atoms with Gasteiger partial charge in [0.1, 0.15) is 5.82 Å². The number of aryl methyl sites for hydroxylation is 1. The largest absolute Gasteiger partial charge is 0.353 e. The average molecular weight is 232 g/mol. The van der Waals surface area contributed by atoms with Crippen molar-refractivity contribution in [3.05, 3.63) is 23.9 Å². The van der Waals surface area contributed by atoms with Crippen LogP contribution in [0.2, 0.25) is 0 Å². The number of pyridine rings is 1. The lowest BCUT2D eigenvalue weighted by Gasteiger charge is -2.37. The lowest BCUT2D eigenvalue weighted by atomic mass is 10.2. The van der Waals surface area contributed by atoms with Gasteiger partial charge in [-0.25, -0.2) is 9.78 Å². The lowest BCUT2D eigenvalue weighted by molar-refractivity contribution is 0.197. The van der Waals surface area contributed by atoms with Crippen LogP contribution in [0.5, 0.6) is 0 Å². The smallest absolute Gasteiger partial charge is 0.317 e. The third kappa shape index (κ3) is 1.81. The Hall–Kier alpha value is -1.78. The minimum atomic E-state index is 0.0758. The van der Waals surface area contributed by atoms with Gasteiger partial charge in [-0.15, -0.1) is 0 Å². The molecular weight excluding hydrogens is 216 g/mol. The normalized spacial score (nSPS) is 23.6. The van der Waals surface area contributed by atoms with Crippen molar-refractivity contribution in [3.8, 4) is 0 Å². The molecule has 0 spiro atoms. The topological polar surface area (TPSA) is 48.5 Å². The number of amides is 2. The van der Waals surface area contributed by atoms with E-state index < -0.39 is 0 Å². The molecule has 0 radical (unpaired) electrons. The number of piperazine rings is 1. The second-order valence-electron chi connectivity index (χ2n) is 4.62. The summed E-state index contributed by atoms with van der Waals surface area (Å²) in [4.78, 5) is 20.2. The number of aromatic nitrogens is 1. The van der Waals surface area contributed by atoms with E-state index in [1.54, 1.807) is 0 Å². The van der Waals surface area contributed by atoms with Crippen LogP contribution >= 0.6 is 0 Å². The van der Waals surface area contributed by atoms with Gasteiger partial charge in [0.25, 0.3) is 0 Å². The van der Waals surface area contributed by atoms with Crippen molar-refractivity contribution < 1.29 is 4.79 Å². The first kappa shape index (κ1) is 10.4. The second kappa shape index (κ2) is 3.91. The highest BCUT2D eigenvalue weighted by atomic mass is 16.2. The molecule has 1 aromatic rings. The van der Waals surface area contributed by atoms with Gasteiger partial charge in [0, 0.05) is 31.9 Å². The van der Waals surface area contributed by atoms with E-state index in [1.807, 2.05) is 30.0 Å². The van der Waals surface area contributed by atoms with Gasteiger partial charge < -0.3 is 15.1 Å². The molecule has 3 heterocycles. The van der Waals surface area contributed by atoms with Gasteiger partial charge in [-0.05, 0) is 19.1 Å². The summed E-state index contributed by atoms with van der Waals surface area (Å²) in [5.74, 6) is 1.02. The molecule has 0 unspecified atom stereocenters. The highest BCUT2D eigenvalue weighted by molar-refractivity contribution is 5.77. The molecule has 0 aromatic carbocycles. The highest BCUT2D eigenvalue weighted by Gasteiger charge is 2.35. The van der Waals surface area contributed by atoms with Crippen LogP contribution in [-0.2, 0) is 0 Å². The minimum Gasteiger partial charge on any atom is -0.353 e. The van der Waals surface area contributed by atoms with E-state index in [4.69, 9.17) is 0 Å². The number of carbonyl (C=O) groups excluding carboxylic acids is 1. The molecule has 2 amide bonds. The fourth-order valence-electron chi connectivity index (χ4n) is 2.52. The molecule has 2 aliphatic rings. The summed E-state index contributed by atoms with van der Waals surface area (Å²) in [6.45, 7) is 5.27. The number of hydrogen-bond donors (Lipinski definition) is 1. The van der Waals surface area contributed by atoms with Crippen LogP contribution in [0, 0.1) is 6.92 Å². The second-order valence-corrected chi connectivity index (χ2v) is 4.62. The summed E-state index contributed by atoms with van der Waals surface area (Å²) in [7, 11) is 0. The molecular formula is C12H16N4O.